The van der Waals surface area contributed by atoms with E-state index in [0.717, 1.165) is 17.5 Å². The van der Waals surface area contributed by atoms with Gasteiger partial charge in [-0.25, -0.2) is 9.78 Å². The van der Waals surface area contributed by atoms with E-state index in [0.29, 0.717) is 38.3 Å². The molecule has 0 radical (unpaired) electrons. The topological polar surface area (TPSA) is 78.8 Å². The van der Waals surface area contributed by atoms with Crippen LogP contribution in [-0.2, 0) is 25.7 Å². The second-order valence-electron chi connectivity index (χ2n) is 6.66. The largest absolute Gasteiger partial charge is 0.434 e. The Morgan fingerprint density at radius 1 is 1.50 bits per heavy atom. The van der Waals surface area contributed by atoms with Gasteiger partial charge in [-0.15, -0.1) is 0 Å². The first-order valence-corrected chi connectivity index (χ1v) is 8.35. The van der Waals surface area contributed by atoms with Gasteiger partial charge in [0.15, 0.2) is 5.69 Å². The molecule has 0 fully saturated rings. The molecule has 2 aromatic rings. The van der Waals surface area contributed by atoms with Gasteiger partial charge in [-0.3, -0.25) is 5.10 Å². The highest BCUT2D eigenvalue weighted by Gasteiger charge is 2.36. The van der Waals surface area contributed by atoms with E-state index in [-0.39, 0.29) is 11.9 Å². The first-order valence-electron chi connectivity index (χ1n) is 8.35. The molecular weight excluding hydrogens is 349 g/mol. The van der Waals surface area contributed by atoms with Crippen molar-refractivity contribution in [3.8, 4) is 0 Å². The highest BCUT2D eigenvalue weighted by atomic mass is 19.4. The fourth-order valence-corrected chi connectivity index (χ4v) is 3.13. The number of urea groups is 1. The molecule has 142 valence electrons. The van der Waals surface area contributed by atoms with Crippen molar-refractivity contribution in [1.29, 1.82) is 0 Å². The van der Waals surface area contributed by atoms with Crippen LogP contribution in [0.2, 0.25) is 0 Å². The molecule has 0 saturated heterocycles. The number of carbonyl (C=O) groups excluding carboxylic acids is 1. The number of nitrogens with one attached hydrogen (secondary N) is 2. The van der Waals surface area contributed by atoms with Crippen LogP contribution in [0.25, 0.3) is 0 Å². The zero-order valence-corrected chi connectivity index (χ0v) is 14.6. The first kappa shape index (κ1) is 18.3. The summed E-state index contributed by atoms with van der Waals surface area (Å²) < 4.78 is 39.9. The Morgan fingerprint density at radius 3 is 2.92 bits per heavy atom. The normalized spacial score (nSPS) is 17.0. The average Bonchev–Trinajstić information content (AvgIpc) is 3.17. The molecule has 0 aromatic carbocycles. The third kappa shape index (κ3) is 4.00. The first-order chi connectivity index (χ1) is 12.2. The molecule has 26 heavy (non-hydrogen) atoms. The van der Waals surface area contributed by atoms with Crippen molar-refractivity contribution in [2.75, 3.05) is 13.6 Å². The van der Waals surface area contributed by atoms with E-state index in [2.05, 4.69) is 20.5 Å². The van der Waals surface area contributed by atoms with Crippen LogP contribution < -0.4 is 5.32 Å². The number of carbonyl (C=O) groups is 1. The average molecular weight is 370 g/mol. The monoisotopic (exact) mass is 370 g/mol. The molecule has 0 aliphatic carbocycles. The Hall–Kier alpha value is -2.52. The molecule has 1 aliphatic rings. The van der Waals surface area contributed by atoms with E-state index in [4.69, 9.17) is 0 Å². The molecule has 10 heteroatoms. The van der Waals surface area contributed by atoms with Gasteiger partial charge in [-0.2, -0.15) is 18.3 Å². The summed E-state index contributed by atoms with van der Waals surface area (Å²) in [6.45, 7) is 3.14. The Kier molecular flexibility index (Phi) is 4.92. The van der Waals surface area contributed by atoms with E-state index in [1.54, 1.807) is 22.7 Å². The number of aromatic nitrogens is 4. The molecule has 0 unspecified atom stereocenters. The maximum Gasteiger partial charge on any atom is 0.434 e. The lowest BCUT2D eigenvalue weighted by atomic mass is 9.99. The van der Waals surface area contributed by atoms with Crippen molar-refractivity contribution in [1.82, 2.24) is 30.0 Å². The lowest BCUT2D eigenvalue weighted by Crippen LogP contribution is -2.41. The Labute approximate surface area is 148 Å². The fourth-order valence-electron chi connectivity index (χ4n) is 3.13. The molecule has 0 bridgehead atoms. The van der Waals surface area contributed by atoms with Crippen molar-refractivity contribution in [3.63, 3.8) is 0 Å². The lowest BCUT2D eigenvalue weighted by molar-refractivity contribution is -0.141. The van der Waals surface area contributed by atoms with E-state index < -0.39 is 11.9 Å². The quantitative estimate of drug-likeness (QED) is 0.867. The number of amides is 2. The zero-order chi connectivity index (χ0) is 18.9. The van der Waals surface area contributed by atoms with Gasteiger partial charge in [0.05, 0.1) is 6.20 Å². The smallest absolute Gasteiger partial charge is 0.334 e. The summed E-state index contributed by atoms with van der Waals surface area (Å²) in [5.41, 5.74) is 0.954. The Balaban J connectivity index is 1.53. The van der Waals surface area contributed by atoms with Gasteiger partial charge in [0.25, 0.3) is 0 Å². The predicted octanol–water partition coefficient (Wildman–Crippen LogP) is 2.34. The molecule has 2 amide bonds. The molecule has 2 aromatic heterocycles. The van der Waals surface area contributed by atoms with Gasteiger partial charge in [0.1, 0.15) is 5.82 Å². The number of H-pyrrole nitrogens is 1. The number of imidazole rings is 1. The van der Waals surface area contributed by atoms with Gasteiger partial charge in [0.2, 0.25) is 0 Å². The minimum absolute atomic E-state index is 0.0872. The zero-order valence-electron chi connectivity index (χ0n) is 14.6. The highest BCUT2D eigenvalue weighted by molar-refractivity contribution is 5.73. The molecule has 7 nitrogen and oxygen atoms in total. The van der Waals surface area contributed by atoms with Crippen LogP contribution in [0.5, 0.6) is 0 Å². The Bertz CT molecular complexity index is 781. The lowest BCUT2D eigenvalue weighted by Gasteiger charge is -2.28. The van der Waals surface area contributed by atoms with Crippen LogP contribution in [0.4, 0.5) is 18.0 Å². The Morgan fingerprint density at radius 2 is 2.27 bits per heavy atom. The summed E-state index contributed by atoms with van der Waals surface area (Å²) in [6.07, 6.45) is -0.530. The van der Waals surface area contributed by atoms with E-state index in [1.165, 1.54) is 0 Å². The summed E-state index contributed by atoms with van der Waals surface area (Å²) in [6, 6.07) is -0.224. The molecular formula is C16H21F3N6O. The molecule has 0 saturated carbocycles. The minimum atomic E-state index is -4.43. The van der Waals surface area contributed by atoms with E-state index >= 15 is 0 Å². The number of aromatic amines is 1. The number of rotatable bonds is 4. The number of alkyl halides is 3. The number of hydrogen-bond acceptors (Lipinski definition) is 3. The molecule has 3 rings (SSSR count). The SMILES string of the molecule is Cc1[nH]ncc1CNC(=O)N(C)C[C@H]1CCc2nc(C(F)(F)F)cn2C1. The minimum Gasteiger partial charge on any atom is -0.334 e. The maximum atomic E-state index is 12.8. The number of hydrogen-bond donors (Lipinski definition) is 2. The van der Waals surface area contributed by atoms with Gasteiger partial charge >= 0.3 is 12.2 Å². The maximum absolute atomic E-state index is 12.8. The summed E-state index contributed by atoms with van der Waals surface area (Å²) in [7, 11) is 1.68. The van der Waals surface area contributed by atoms with Gasteiger partial charge in [-0.05, 0) is 19.3 Å². The van der Waals surface area contributed by atoms with Crippen LogP contribution in [0.1, 0.15) is 29.2 Å². The molecule has 0 spiro atoms. The number of halogens is 3. The van der Waals surface area contributed by atoms with Crippen LogP contribution in [0, 0.1) is 12.8 Å². The van der Waals surface area contributed by atoms with Crippen LogP contribution in [0.15, 0.2) is 12.4 Å². The number of aryl methyl sites for hydroxylation is 2. The summed E-state index contributed by atoms with van der Waals surface area (Å²) in [5, 5.41) is 9.52. The van der Waals surface area contributed by atoms with Gasteiger partial charge in [-0.1, -0.05) is 0 Å². The van der Waals surface area contributed by atoms with Gasteiger partial charge < -0.3 is 14.8 Å². The van der Waals surface area contributed by atoms with Crippen molar-refractivity contribution in [2.24, 2.45) is 5.92 Å². The second-order valence-corrected chi connectivity index (χ2v) is 6.66. The summed E-state index contributed by atoms with van der Waals surface area (Å²) in [5.74, 6) is 0.542. The third-order valence-corrected chi connectivity index (χ3v) is 4.62. The van der Waals surface area contributed by atoms with Crippen LogP contribution in [0.3, 0.4) is 0 Å². The predicted molar refractivity (Wildman–Crippen MR) is 87.2 cm³/mol. The molecule has 1 aliphatic heterocycles. The van der Waals surface area contributed by atoms with E-state index in [1.807, 2.05) is 6.92 Å². The van der Waals surface area contributed by atoms with Crippen molar-refractivity contribution in [3.05, 3.63) is 35.2 Å². The second kappa shape index (κ2) is 7.00. The third-order valence-electron chi connectivity index (χ3n) is 4.62. The molecule has 1 atom stereocenters. The van der Waals surface area contributed by atoms with Gasteiger partial charge in [0, 0.05) is 50.6 Å². The van der Waals surface area contributed by atoms with Crippen molar-refractivity contribution in [2.45, 2.75) is 39.0 Å². The summed E-state index contributed by atoms with van der Waals surface area (Å²) >= 11 is 0. The molecule has 3 heterocycles. The fraction of sp³-hybridized carbons (Fsp3) is 0.562. The highest BCUT2D eigenvalue weighted by Crippen LogP contribution is 2.30. The standard InChI is InChI=1S/C16H21F3N6O/c1-10-12(6-21-23-10)5-20-15(26)24(2)7-11-3-4-14-22-13(16(17,18)19)9-25(14)8-11/h6,9,11H,3-5,7-8H2,1-2H3,(H,20,26)(H,21,23)/t11-/m1/s1. The van der Waals surface area contributed by atoms with Crippen molar-refractivity contribution >= 4 is 6.03 Å². The van der Waals surface area contributed by atoms with Crippen LogP contribution >= 0.6 is 0 Å². The number of nitrogens with zero attached hydrogens (tertiary/aromatic N) is 4. The van der Waals surface area contributed by atoms with Crippen LogP contribution in [-0.4, -0.2) is 44.3 Å². The number of fused-ring (bicyclic) bond motifs is 1. The van der Waals surface area contributed by atoms with E-state index in [9.17, 15) is 18.0 Å². The molecule has 2 N–H and O–H groups in total. The van der Waals surface area contributed by atoms with Crippen molar-refractivity contribution < 1.29 is 18.0 Å². The summed E-state index contributed by atoms with van der Waals surface area (Å²) in [4.78, 5) is 17.5.